The van der Waals surface area contributed by atoms with Gasteiger partial charge in [-0.3, -0.25) is 9.89 Å². The number of aromatic amines is 1. The lowest BCUT2D eigenvalue weighted by molar-refractivity contribution is -0.143. The molecular formula is C14H18ClN3O2. The molecule has 0 aliphatic carbocycles. The van der Waals surface area contributed by atoms with E-state index in [1.165, 1.54) is 0 Å². The first-order valence-electron chi connectivity index (χ1n) is 6.25. The van der Waals surface area contributed by atoms with Crippen molar-refractivity contribution >= 4 is 24.1 Å². The highest BCUT2D eigenvalue weighted by molar-refractivity contribution is 5.85. The Morgan fingerprint density at radius 2 is 2.20 bits per heavy atom. The van der Waals surface area contributed by atoms with E-state index in [1.54, 1.807) is 13.1 Å². The van der Waals surface area contributed by atoms with Crippen molar-refractivity contribution in [2.45, 2.75) is 19.8 Å². The van der Waals surface area contributed by atoms with Crippen molar-refractivity contribution in [1.29, 1.82) is 0 Å². The summed E-state index contributed by atoms with van der Waals surface area (Å²) in [5.74, 6) is -0.200. The molecule has 6 heteroatoms. The third-order valence-corrected chi connectivity index (χ3v) is 2.89. The lowest BCUT2D eigenvalue weighted by Crippen LogP contribution is -2.06. The molecular weight excluding hydrogens is 278 g/mol. The molecule has 5 nitrogen and oxygen atoms in total. The molecule has 108 valence electrons. The molecule has 1 aromatic heterocycles. The van der Waals surface area contributed by atoms with Gasteiger partial charge in [-0.2, -0.15) is 5.10 Å². The van der Waals surface area contributed by atoms with Crippen LogP contribution in [0.4, 0.5) is 5.69 Å². The molecule has 2 aromatic rings. The van der Waals surface area contributed by atoms with Crippen LogP contribution in [0, 0.1) is 0 Å². The predicted octanol–water partition coefficient (Wildman–Crippen LogP) is 2.58. The molecule has 0 unspecified atom stereocenters. The number of carbonyl (C=O) groups is 1. The van der Waals surface area contributed by atoms with E-state index in [9.17, 15) is 4.79 Å². The van der Waals surface area contributed by atoms with Crippen LogP contribution in [0.2, 0.25) is 0 Å². The molecule has 0 bridgehead atoms. The molecule has 0 amide bonds. The number of aryl methyl sites for hydroxylation is 1. The van der Waals surface area contributed by atoms with E-state index in [0.717, 1.165) is 16.8 Å². The molecule has 20 heavy (non-hydrogen) atoms. The Balaban J connectivity index is 0.00000200. The fourth-order valence-electron chi connectivity index (χ4n) is 1.94. The summed E-state index contributed by atoms with van der Waals surface area (Å²) in [7, 11) is 0. The molecule has 0 atom stereocenters. The number of hydrogen-bond acceptors (Lipinski definition) is 4. The van der Waals surface area contributed by atoms with E-state index in [1.807, 2.05) is 24.3 Å². The van der Waals surface area contributed by atoms with Gasteiger partial charge in [-0.1, -0.05) is 18.2 Å². The molecule has 0 saturated carbocycles. The number of nitrogens with zero attached hydrogens (tertiary/aromatic N) is 1. The average Bonchev–Trinajstić information content (AvgIpc) is 2.92. The third-order valence-electron chi connectivity index (χ3n) is 2.89. The number of nitrogens with two attached hydrogens (primary N) is 1. The SMILES string of the molecule is CCOC(=O)CCc1cccc(-c2ccn[nH]2)c1N.Cl. The van der Waals surface area contributed by atoms with E-state index >= 15 is 0 Å². The zero-order valence-corrected chi connectivity index (χ0v) is 12.1. The van der Waals surface area contributed by atoms with Crippen molar-refractivity contribution in [1.82, 2.24) is 10.2 Å². The molecule has 0 radical (unpaired) electrons. The minimum Gasteiger partial charge on any atom is -0.466 e. The number of para-hydroxylation sites is 1. The van der Waals surface area contributed by atoms with Crippen molar-refractivity contribution in [3.05, 3.63) is 36.0 Å². The number of nitrogen functional groups attached to an aromatic ring is 1. The Hall–Kier alpha value is -2.01. The van der Waals surface area contributed by atoms with Crippen LogP contribution in [-0.4, -0.2) is 22.8 Å². The summed E-state index contributed by atoms with van der Waals surface area (Å²) in [5, 5.41) is 6.80. The molecule has 0 saturated heterocycles. The number of hydrogen-bond donors (Lipinski definition) is 2. The van der Waals surface area contributed by atoms with Crippen LogP contribution in [0.1, 0.15) is 18.9 Å². The standard InChI is InChI=1S/C14H17N3O2.ClH/c1-2-19-13(18)7-6-10-4-3-5-11(14(10)15)12-8-9-16-17-12;/h3-5,8-9H,2,6-7,15H2,1H3,(H,16,17);1H. The molecule has 0 fully saturated rings. The maximum atomic E-state index is 11.4. The van der Waals surface area contributed by atoms with E-state index in [-0.39, 0.29) is 18.4 Å². The van der Waals surface area contributed by atoms with E-state index in [0.29, 0.717) is 25.1 Å². The minimum absolute atomic E-state index is 0. The first kappa shape index (κ1) is 16.0. The summed E-state index contributed by atoms with van der Waals surface area (Å²) in [6.45, 7) is 2.20. The predicted molar refractivity (Wildman–Crippen MR) is 80.6 cm³/mol. The van der Waals surface area contributed by atoms with E-state index < -0.39 is 0 Å². The van der Waals surface area contributed by atoms with Gasteiger partial charge in [0.2, 0.25) is 0 Å². The Morgan fingerprint density at radius 3 is 2.85 bits per heavy atom. The Labute approximate surface area is 123 Å². The number of halogens is 1. The number of anilines is 1. The number of rotatable bonds is 5. The lowest BCUT2D eigenvalue weighted by Gasteiger charge is -2.09. The fraction of sp³-hybridized carbons (Fsp3) is 0.286. The number of benzene rings is 1. The number of aromatic nitrogens is 2. The molecule has 2 rings (SSSR count). The third kappa shape index (κ3) is 3.74. The van der Waals surface area contributed by atoms with Crippen LogP contribution in [0.3, 0.4) is 0 Å². The quantitative estimate of drug-likeness (QED) is 0.656. The van der Waals surface area contributed by atoms with Gasteiger partial charge < -0.3 is 10.5 Å². The van der Waals surface area contributed by atoms with Gasteiger partial charge in [0, 0.05) is 23.9 Å². The first-order valence-corrected chi connectivity index (χ1v) is 6.25. The second-order valence-electron chi connectivity index (χ2n) is 4.15. The summed E-state index contributed by atoms with van der Waals surface area (Å²) in [4.78, 5) is 11.4. The molecule has 3 N–H and O–H groups in total. The number of nitrogens with one attached hydrogen (secondary N) is 1. The van der Waals surface area contributed by atoms with Gasteiger partial charge in [0.15, 0.2) is 0 Å². The van der Waals surface area contributed by atoms with Gasteiger partial charge in [-0.15, -0.1) is 12.4 Å². The van der Waals surface area contributed by atoms with Gasteiger partial charge in [-0.05, 0) is 25.0 Å². The highest BCUT2D eigenvalue weighted by Crippen LogP contribution is 2.27. The van der Waals surface area contributed by atoms with Crippen molar-refractivity contribution in [3.63, 3.8) is 0 Å². The number of ether oxygens (including phenoxy) is 1. The molecule has 0 aliphatic rings. The number of esters is 1. The topological polar surface area (TPSA) is 81.0 Å². The van der Waals surface area contributed by atoms with Crippen LogP contribution in [0.5, 0.6) is 0 Å². The Morgan fingerprint density at radius 1 is 1.40 bits per heavy atom. The van der Waals surface area contributed by atoms with E-state index in [4.69, 9.17) is 10.5 Å². The summed E-state index contributed by atoms with van der Waals surface area (Å²) >= 11 is 0. The second-order valence-corrected chi connectivity index (χ2v) is 4.15. The zero-order chi connectivity index (χ0) is 13.7. The second kappa shape index (κ2) is 7.55. The summed E-state index contributed by atoms with van der Waals surface area (Å²) in [5.41, 5.74) is 9.53. The van der Waals surface area contributed by atoms with Crippen molar-refractivity contribution in [2.24, 2.45) is 0 Å². The Bertz CT molecular complexity index is 556. The maximum Gasteiger partial charge on any atom is 0.306 e. The number of carbonyl (C=O) groups excluding carboxylic acids is 1. The number of H-pyrrole nitrogens is 1. The van der Waals surface area contributed by atoms with Gasteiger partial charge in [0.05, 0.1) is 12.3 Å². The van der Waals surface area contributed by atoms with Crippen molar-refractivity contribution < 1.29 is 9.53 Å². The van der Waals surface area contributed by atoms with Crippen LogP contribution < -0.4 is 5.73 Å². The Kier molecular flexibility index (Phi) is 6.06. The highest BCUT2D eigenvalue weighted by Gasteiger charge is 2.10. The molecule has 1 heterocycles. The smallest absolute Gasteiger partial charge is 0.306 e. The lowest BCUT2D eigenvalue weighted by atomic mass is 10.0. The summed E-state index contributed by atoms with van der Waals surface area (Å²) < 4.78 is 4.91. The summed E-state index contributed by atoms with van der Waals surface area (Å²) in [6, 6.07) is 7.64. The molecule has 0 spiro atoms. The van der Waals surface area contributed by atoms with Crippen molar-refractivity contribution in [3.8, 4) is 11.3 Å². The van der Waals surface area contributed by atoms with Crippen LogP contribution in [0.15, 0.2) is 30.5 Å². The minimum atomic E-state index is -0.200. The molecule has 0 aliphatic heterocycles. The van der Waals surface area contributed by atoms with E-state index in [2.05, 4.69) is 10.2 Å². The zero-order valence-electron chi connectivity index (χ0n) is 11.3. The highest BCUT2D eigenvalue weighted by atomic mass is 35.5. The van der Waals surface area contributed by atoms with Gasteiger partial charge in [-0.25, -0.2) is 0 Å². The van der Waals surface area contributed by atoms with Gasteiger partial charge >= 0.3 is 5.97 Å². The normalized spacial score (nSPS) is 9.85. The first-order chi connectivity index (χ1) is 9.22. The van der Waals surface area contributed by atoms with Gasteiger partial charge in [0.25, 0.3) is 0 Å². The maximum absolute atomic E-state index is 11.4. The van der Waals surface area contributed by atoms with Crippen molar-refractivity contribution in [2.75, 3.05) is 12.3 Å². The molecule has 1 aromatic carbocycles. The largest absolute Gasteiger partial charge is 0.466 e. The van der Waals surface area contributed by atoms with Gasteiger partial charge in [0.1, 0.15) is 0 Å². The van der Waals surface area contributed by atoms with Crippen LogP contribution in [-0.2, 0) is 16.0 Å². The monoisotopic (exact) mass is 295 g/mol. The summed E-state index contributed by atoms with van der Waals surface area (Å²) in [6.07, 6.45) is 2.59. The van der Waals surface area contributed by atoms with Crippen LogP contribution >= 0.6 is 12.4 Å². The fourth-order valence-corrected chi connectivity index (χ4v) is 1.94. The average molecular weight is 296 g/mol. The van der Waals surface area contributed by atoms with Crippen LogP contribution in [0.25, 0.3) is 11.3 Å².